The van der Waals surface area contributed by atoms with Crippen molar-refractivity contribution >= 4 is 0 Å². The number of fused-ring (bicyclic) bond motifs is 1. The fraction of sp³-hybridized carbons (Fsp3) is 0.636. The van der Waals surface area contributed by atoms with Crippen molar-refractivity contribution in [3.63, 3.8) is 0 Å². The van der Waals surface area contributed by atoms with Crippen molar-refractivity contribution in [3.05, 3.63) is 23.5 Å². The van der Waals surface area contributed by atoms with Crippen LogP contribution >= 0.6 is 0 Å². The molecule has 1 aliphatic rings. The Labute approximate surface area is 80.2 Å². The van der Waals surface area contributed by atoms with E-state index >= 15 is 0 Å². The molecule has 0 spiro atoms. The average Bonchev–Trinajstić information content (AvgIpc) is 2.50. The van der Waals surface area contributed by atoms with Gasteiger partial charge in [-0.15, -0.1) is 0 Å². The van der Waals surface area contributed by atoms with Crippen molar-refractivity contribution < 1.29 is 0 Å². The molecule has 0 fully saturated rings. The molecule has 1 aromatic heterocycles. The van der Waals surface area contributed by atoms with Gasteiger partial charge in [0.2, 0.25) is 0 Å². The van der Waals surface area contributed by atoms with E-state index in [0.717, 1.165) is 13.1 Å². The quantitative estimate of drug-likeness (QED) is 0.640. The van der Waals surface area contributed by atoms with Gasteiger partial charge in [0.25, 0.3) is 0 Å². The van der Waals surface area contributed by atoms with Crippen LogP contribution in [-0.2, 0) is 6.54 Å². The summed E-state index contributed by atoms with van der Waals surface area (Å²) in [5.74, 6) is 0. The maximum Gasteiger partial charge on any atom is 0.0472 e. The molecule has 0 bridgehead atoms. The summed E-state index contributed by atoms with van der Waals surface area (Å²) in [4.78, 5) is 2.52. The molecule has 2 heterocycles. The molecule has 2 rings (SSSR count). The molecule has 1 aliphatic heterocycles. The maximum absolute atomic E-state index is 2.52. The van der Waals surface area contributed by atoms with E-state index in [-0.39, 0.29) is 0 Å². The minimum Gasteiger partial charge on any atom is -0.346 e. The molecular formula is C11H18N2. The summed E-state index contributed by atoms with van der Waals surface area (Å²) in [6.45, 7) is 10.2. The van der Waals surface area contributed by atoms with E-state index in [9.17, 15) is 0 Å². The number of likely N-dealkylation sites (N-methyl/N-ethyl adjacent to an activating group) is 1. The van der Waals surface area contributed by atoms with Crippen LogP contribution in [0.4, 0.5) is 0 Å². The normalized spacial score (nSPS) is 23.2. The maximum atomic E-state index is 2.52. The first-order chi connectivity index (χ1) is 6.24. The Balaban J connectivity index is 2.34. The summed E-state index contributed by atoms with van der Waals surface area (Å²) in [6.07, 6.45) is 0. The van der Waals surface area contributed by atoms with E-state index in [0.29, 0.717) is 6.04 Å². The van der Waals surface area contributed by atoms with Gasteiger partial charge in [-0.3, -0.25) is 4.90 Å². The van der Waals surface area contributed by atoms with Crippen LogP contribution in [0, 0.1) is 6.92 Å². The Hall–Kier alpha value is -0.760. The summed E-state index contributed by atoms with van der Waals surface area (Å²) in [5.41, 5.74) is 2.88. The first-order valence-corrected chi connectivity index (χ1v) is 5.14. The highest BCUT2D eigenvalue weighted by Crippen LogP contribution is 2.26. The molecule has 1 aromatic rings. The zero-order valence-electron chi connectivity index (χ0n) is 8.75. The molecule has 72 valence electrons. The zero-order chi connectivity index (χ0) is 9.42. The van der Waals surface area contributed by atoms with Gasteiger partial charge in [-0.25, -0.2) is 0 Å². The average molecular weight is 178 g/mol. The van der Waals surface area contributed by atoms with Crippen molar-refractivity contribution in [3.8, 4) is 0 Å². The topological polar surface area (TPSA) is 8.17 Å². The lowest BCUT2D eigenvalue weighted by Crippen LogP contribution is -2.36. The Morgan fingerprint density at radius 1 is 1.38 bits per heavy atom. The summed E-state index contributed by atoms with van der Waals surface area (Å²) in [7, 11) is 0. The van der Waals surface area contributed by atoms with Crippen LogP contribution in [0.2, 0.25) is 0 Å². The number of nitrogens with zero attached hydrogens (tertiary/aromatic N) is 2. The molecule has 0 aliphatic carbocycles. The third kappa shape index (κ3) is 1.29. The summed E-state index contributed by atoms with van der Waals surface area (Å²) in [6, 6.07) is 5.08. The fourth-order valence-electron chi connectivity index (χ4n) is 2.30. The van der Waals surface area contributed by atoms with Crippen LogP contribution in [0.15, 0.2) is 12.1 Å². The van der Waals surface area contributed by atoms with Crippen LogP contribution < -0.4 is 0 Å². The molecule has 13 heavy (non-hydrogen) atoms. The van der Waals surface area contributed by atoms with E-state index in [1.54, 1.807) is 0 Å². The Kier molecular flexibility index (Phi) is 2.16. The minimum atomic E-state index is 0.590. The van der Waals surface area contributed by atoms with Crippen LogP contribution in [-0.4, -0.2) is 22.6 Å². The lowest BCUT2D eigenvalue weighted by molar-refractivity contribution is 0.177. The SMILES string of the molecule is CCN1CCn2c(C)ccc2C1C. The van der Waals surface area contributed by atoms with E-state index in [4.69, 9.17) is 0 Å². The molecule has 1 unspecified atom stereocenters. The van der Waals surface area contributed by atoms with E-state index < -0.39 is 0 Å². The van der Waals surface area contributed by atoms with Gasteiger partial charge in [0.1, 0.15) is 0 Å². The van der Waals surface area contributed by atoms with Gasteiger partial charge in [-0.05, 0) is 32.5 Å². The number of hydrogen-bond acceptors (Lipinski definition) is 1. The second kappa shape index (κ2) is 3.18. The first kappa shape index (κ1) is 8.82. The molecular weight excluding hydrogens is 160 g/mol. The third-order valence-corrected chi connectivity index (χ3v) is 3.23. The molecule has 1 atom stereocenters. The van der Waals surface area contributed by atoms with Crippen molar-refractivity contribution in [2.24, 2.45) is 0 Å². The second-order valence-electron chi connectivity index (χ2n) is 3.86. The molecule has 2 nitrogen and oxygen atoms in total. The molecule has 0 saturated carbocycles. The molecule has 0 N–H and O–H groups in total. The van der Waals surface area contributed by atoms with Crippen molar-refractivity contribution in [1.82, 2.24) is 9.47 Å². The summed E-state index contributed by atoms with van der Waals surface area (Å²) < 4.78 is 2.44. The van der Waals surface area contributed by atoms with Crippen LogP contribution in [0.5, 0.6) is 0 Å². The van der Waals surface area contributed by atoms with Gasteiger partial charge in [0.05, 0.1) is 0 Å². The molecule has 0 aromatic carbocycles. The van der Waals surface area contributed by atoms with Crippen molar-refractivity contribution in [1.29, 1.82) is 0 Å². The summed E-state index contributed by atoms with van der Waals surface area (Å²) in [5, 5.41) is 0. The van der Waals surface area contributed by atoms with Crippen LogP contribution in [0.3, 0.4) is 0 Å². The number of rotatable bonds is 1. The number of aromatic nitrogens is 1. The largest absolute Gasteiger partial charge is 0.346 e. The molecule has 0 amide bonds. The monoisotopic (exact) mass is 178 g/mol. The van der Waals surface area contributed by atoms with Gasteiger partial charge in [-0.1, -0.05) is 6.92 Å². The predicted octanol–water partition coefficient (Wildman–Crippen LogP) is 2.19. The molecule has 0 radical (unpaired) electrons. The fourth-order valence-corrected chi connectivity index (χ4v) is 2.30. The molecule has 0 saturated heterocycles. The Morgan fingerprint density at radius 2 is 2.15 bits per heavy atom. The van der Waals surface area contributed by atoms with Gasteiger partial charge in [0.15, 0.2) is 0 Å². The third-order valence-electron chi connectivity index (χ3n) is 3.23. The van der Waals surface area contributed by atoms with Gasteiger partial charge in [-0.2, -0.15) is 0 Å². The highest BCUT2D eigenvalue weighted by Gasteiger charge is 2.22. The summed E-state index contributed by atoms with van der Waals surface area (Å²) >= 11 is 0. The van der Waals surface area contributed by atoms with Gasteiger partial charge in [0, 0.05) is 30.5 Å². The van der Waals surface area contributed by atoms with Gasteiger partial charge >= 0.3 is 0 Å². The van der Waals surface area contributed by atoms with Crippen LogP contribution in [0.25, 0.3) is 0 Å². The lowest BCUT2D eigenvalue weighted by Gasteiger charge is -2.34. The van der Waals surface area contributed by atoms with Crippen molar-refractivity contribution in [2.45, 2.75) is 33.4 Å². The highest BCUT2D eigenvalue weighted by atomic mass is 15.2. The van der Waals surface area contributed by atoms with E-state index in [2.05, 4.69) is 42.4 Å². The number of hydrogen-bond donors (Lipinski definition) is 0. The first-order valence-electron chi connectivity index (χ1n) is 5.14. The number of aryl methyl sites for hydroxylation is 1. The van der Waals surface area contributed by atoms with Crippen LogP contribution in [0.1, 0.15) is 31.3 Å². The Morgan fingerprint density at radius 3 is 2.85 bits per heavy atom. The Bertz CT molecular complexity index is 301. The molecule has 2 heteroatoms. The van der Waals surface area contributed by atoms with Gasteiger partial charge < -0.3 is 4.57 Å². The van der Waals surface area contributed by atoms with E-state index in [1.807, 2.05) is 0 Å². The van der Waals surface area contributed by atoms with E-state index in [1.165, 1.54) is 17.9 Å². The smallest absolute Gasteiger partial charge is 0.0472 e. The second-order valence-corrected chi connectivity index (χ2v) is 3.86. The highest BCUT2D eigenvalue weighted by molar-refractivity contribution is 5.19. The predicted molar refractivity (Wildman–Crippen MR) is 54.8 cm³/mol. The zero-order valence-corrected chi connectivity index (χ0v) is 8.75. The minimum absolute atomic E-state index is 0.590. The van der Waals surface area contributed by atoms with Crippen molar-refractivity contribution in [2.75, 3.05) is 13.1 Å². The standard InChI is InChI=1S/C11H18N2/c1-4-12-7-8-13-9(2)5-6-11(13)10(12)3/h5-6,10H,4,7-8H2,1-3H3. The lowest BCUT2D eigenvalue weighted by atomic mass is 10.1.